The summed E-state index contributed by atoms with van der Waals surface area (Å²) in [5.74, 6) is -0.374. The van der Waals surface area contributed by atoms with Crippen LogP contribution < -0.4 is 0 Å². The van der Waals surface area contributed by atoms with E-state index in [0.29, 0.717) is 0 Å². The maximum atomic E-state index is 11.9. The molecule has 12 heteroatoms. The molecule has 2 aliphatic rings. The average molecular weight is 509 g/mol. The minimum absolute atomic E-state index is 0.0434. The Bertz CT molecular complexity index is 724. The van der Waals surface area contributed by atoms with Crippen molar-refractivity contribution in [3.8, 4) is 0 Å². The van der Waals surface area contributed by atoms with Crippen LogP contribution in [0.5, 0.6) is 0 Å². The fourth-order valence-electron chi connectivity index (χ4n) is 3.53. The Balaban J connectivity index is 2.31. The van der Waals surface area contributed by atoms with Gasteiger partial charge >= 0.3 is 23.9 Å². The van der Waals surface area contributed by atoms with Crippen LogP contribution in [0, 0.1) is 5.92 Å². The lowest BCUT2D eigenvalue weighted by molar-refractivity contribution is -0.309. The van der Waals surface area contributed by atoms with E-state index < -0.39 is 54.6 Å². The largest absolute Gasteiger partial charge is 0.463 e. The van der Waals surface area contributed by atoms with Gasteiger partial charge in [0.05, 0.1) is 10.7 Å². The van der Waals surface area contributed by atoms with Crippen LogP contribution in [0.1, 0.15) is 41.5 Å². The van der Waals surface area contributed by atoms with Crippen molar-refractivity contribution in [3.63, 3.8) is 0 Å². The van der Waals surface area contributed by atoms with Gasteiger partial charge < -0.3 is 28.4 Å². The first-order valence-corrected chi connectivity index (χ1v) is 12.6. The summed E-state index contributed by atoms with van der Waals surface area (Å²) >= 11 is 3.70. The number of esters is 4. The van der Waals surface area contributed by atoms with Crippen LogP contribution in [0.15, 0.2) is 0 Å². The zero-order chi connectivity index (χ0) is 24.8. The highest BCUT2D eigenvalue weighted by Gasteiger charge is 2.53. The smallest absolute Gasteiger partial charge is 0.303 e. The van der Waals surface area contributed by atoms with Gasteiger partial charge in [-0.1, -0.05) is 6.92 Å². The maximum absolute atomic E-state index is 11.9. The van der Waals surface area contributed by atoms with Crippen molar-refractivity contribution in [3.05, 3.63) is 0 Å². The Morgan fingerprint density at radius 1 is 0.879 bits per heavy atom. The number of thioether (sulfide) groups is 2. The molecule has 2 heterocycles. The lowest BCUT2D eigenvalue weighted by Crippen LogP contribution is -2.63. The number of carbonyl (C=O) groups is 4. The summed E-state index contributed by atoms with van der Waals surface area (Å²) in [4.78, 5) is 46.9. The molecule has 2 saturated heterocycles. The lowest BCUT2D eigenvalue weighted by Gasteiger charge is -2.44. The van der Waals surface area contributed by atoms with Gasteiger partial charge in [-0.15, -0.1) is 23.5 Å². The topological polar surface area (TPSA) is 124 Å². The Morgan fingerprint density at radius 3 is 1.91 bits per heavy atom. The van der Waals surface area contributed by atoms with E-state index in [0.717, 1.165) is 11.5 Å². The molecule has 10 nitrogen and oxygen atoms in total. The molecule has 0 N–H and O–H groups in total. The Kier molecular flexibility index (Phi) is 10.3. The molecule has 0 spiro atoms. The van der Waals surface area contributed by atoms with Gasteiger partial charge in [-0.2, -0.15) is 0 Å². The fourth-order valence-corrected chi connectivity index (χ4v) is 6.54. The van der Waals surface area contributed by atoms with Crippen LogP contribution in [-0.2, 0) is 47.6 Å². The van der Waals surface area contributed by atoms with E-state index in [1.54, 1.807) is 0 Å². The summed E-state index contributed by atoms with van der Waals surface area (Å²) in [6, 6.07) is 0. The summed E-state index contributed by atoms with van der Waals surface area (Å²) in [5.41, 5.74) is 0. The summed E-state index contributed by atoms with van der Waals surface area (Å²) < 4.78 is 33.2. The van der Waals surface area contributed by atoms with Crippen LogP contribution >= 0.6 is 23.5 Å². The van der Waals surface area contributed by atoms with Gasteiger partial charge in [0.2, 0.25) is 0 Å². The maximum Gasteiger partial charge on any atom is 0.303 e. The summed E-state index contributed by atoms with van der Waals surface area (Å²) in [5, 5.41) is 0. The van der Waals surface area contributed by atoms with E-state index in [1.807, 2.05) is 23.5 Å². The highest BCUT2D eigenvalue weighted by atomic mass is 32.2. The molecule has 0 aromatic heterocycles. The number of rotatable bonds is 9. The van der Waals surface area contributed by atoms with Crippen molar-refractivity contribution in [2.45, 2.75) is 76.3 Å². The molecule has 188 valence electrons. The second kappa shape index (κ2) is 12.3. The zero-order valence-electron chi connectivity index (χ0n) is 19.7. The predicted octanol–water partition coefficient (Wildman–Crippen LogP) is 1.92. The van der Waals surface area contributed by atoms with Crippen LogP contribution in [0.25, 0.3) is 0 Å². The predicted molar refractivity (Wildman–Crippen MR) is 120 cm³/mol. The van der Waals surface area contributed by atoms with Crippen molar-refractivity contribution < 1.29 is 47.6 Å². The molecule has 0 radical (unpaired) electrons. The molecule has 0 aromatic carbocycles. The lowest BCUT2D eigenvalue weighted by atomic mass is 9.98. The molecule has 0 aliphatic carbocycles. The molecule has 0 amide bonds. The molecule has 2 rings (SSSR count). The number of ether oxygens (including phenoxy) is 6. The van der Waals surface area contributed by atoms with Gasteiger partial charge in [0, 0.05) is 45.1 Å². The zero-order valence-corrected chi connectivity index (χ0v) is 21.3. The Labute approximate surface area is 202 Å². The van der Waals surface area contributed by atoms with Crippen molar-refractivity contribution in [2.24, 2.45) is 5.92 Å². The number of hydrogen-bond donors (Lipinski definition) is 0. The third-order valence-electron chi connectivity index (χ3n) is 5.21. The second-order valence-electron chi connectivity index (χ2n) is 8.01. The highest BCUT2D eigenvalue weighted by Crippen LogP contribution is 2.48. The van der Waals surface area contributed by atoms with E-state index in [4.69, 9.17) is 28.4 Å². The van der Waals surface area contributed by atoms with E-state index in [1.165, 1.54) is 27.7 Å². The SMILES string of the molecule is CC(=O)OC[C@H]1O[C@H](OC[C@@H](C)C2(C)SCCS2)[C@H](OC(C)=O)[C@@H](OC(C)=O)[C@@H]1OC(C)=O. The normalized spacial score (nSPS) is 29.6. The minimum Gasteiger partial charge on any atom is -0.463 e. The van der Waals surface area contributed by atoms with E-state index >= 15 is 0 Å². The van der Waals surface area contributed by atoms with Gasteiger partial charge in [-0.05, 0) is 6.92 Å². The molecule has 33 heavy (non-hydrogen) atoms. The Morgan fingerprint density at radius 2 is 1.39 bits per heavy atom. The third-order valence-corrected chi connectivity index (χ3v) is 8.95. The molecular formula is C21H32O10S2. The second-order valence-corrected chi connectivity index (χ2v) is 11.4. The summed E-state index contributed by atoms with van der Waals surface area (Å²) in [6.45, 7) is 8.97. The molecule has 6 atom stereocenters. The van der Waals surface area contributed by atoms with E-state index in [-0.39, 0.29) is 23.2 Å². The molecule has 2 fully saturated rings. The number of hydrogen-bond acceptors (Lipinski definition) is 12. The fraction of sp³-hybridized carbons (Fsp3) is 0.810. The standard InChI is InChI=1S/C21H32O10S2/c1-11(21(6)32-7-8-33-21)9-27-20-19(30-15(5)25)18(29-14(4)24)17(28-13(3)23)16(31-20)10-26-12(2)22/h11,16-20H,7-10H2,1-6H3/t11-,16-,17-,18+,19-,20+/m1/s1. The third kappa shape index (κ3) is 8.04. The van der Waals surface area contributed by atoms with Crippen LogP contribution in [0.2, 0.25) is 0 Å². The summed E-state index contributed by atoms with van der Waals surface area (Å²) in [7, 11) is 0. The van der Waals surface area contributed by atoms with Gasteiger partial charge in [0.1, 0.15) is 12.7 Å². The first-order chi connectivity index (χ1) is 15.4. The van der Waals surface area contributed by atoms with Gasteiger partial charge in [-0.25, -0.2) is 0 Å². The molecular weight excluding hydrogens is 476 g/mol. The number of carbonyl (C=O) groups excluding carboxylic acids is 4. The molecule has 0 saturated carbocycles. The van der Waals surface area contributed by atoms with Gasteiger partial charge in [0.25, 0.3) is 0 Å². The molecule has 0 bridgehead atoms. The van der Waals surface area contributed by atoms with Crippen molar-refractivity contribution >= 4 is 47.4 Å². The Hall–Kier alpha value is -1.50. The minimum atomic E-state index is -1.23. The van der Waals surface area contributed by atoms with Crippen LogP contribution in [-0.4, -0.2) is 83.4 Å². The van der Waals surface area contributed by atoms with Gasteiger partial charge in [0.15, 0.2) is 24.6 Å². The summed E-state index contributed by atoms with van der Waals surface area (Å²) in [6.07, 6.45) is -5.78. The van der Waals surface area contributed by atoms with Crippen molar-refractivity contribution in [1.82, 2.24) is 0 Å². The van der Waals surface area contributed by atoms with Crippen molar-refractivity contribution in [2.75, 3.05) is 24.7 Å². The van der Waals surface area contributed by atoms with Gasteiger partial charge in [-0.3, -0.25) is 19.2 Å². The molecule has 0 unspecified atom stereocenters. The molecule has 0 aromatic rings. The van der Waals surface area contributed by atoms with E-state index in [2.05, 4.69) is 13.8 Å². The first kappa shape index (κ1) is 27.7. The van der Waals surface area contributed by atoms with Crippen LogP contribution in [0.3, 0.4) is 0 Å². The average Bonchev–Trinajstić information content (AvgIpc) is 3.15. The quantitative estimate of drug-likeness (QED) is 0.334. The highest BCUT2D eigenvalue weighted by molar-refractivity contribution is 8.21. The van der Waals surface area contributed by atoms with E-state index in [9.17, 15) is 19.2 Å². The monoisotopic (exact) mass is 508 g/mol. The first-order valence-electron chi connectivity index (χ1n) is 10.6. The van der Waals surface area contributed by atoms with Crippen LogP contribution in [0.4, 0.5) is 0 Å². The molecule has 2 aliphatic heterocycles. The van der Waals surface area contributed by atoms with Crippen molar-refractivity contribution in [1.29, 1.82) is 0 Å².